The third-order valence-corrected chi connectivity index (χ3v) is 5.95. The van der Waals surface area contributed by atoms with E-state index in [1.54, 1.807) is 17.7 Å². The highest BCUT2D eigenvalue weighted by Crippen LogP contribution is 2.28. The van der Waals surface area contributed by atoms with Crippen molar-refractivity contribution in [3.8, 4) is 0 Å². The number of piperidine rings is 1. The van der Waals surface area contributed by atoms with Crippen LogP contribution in [0.3, 0.4) is 0 Å². The average molecular weight is 428 g/mol. The Morgan fingerprint density at radius 2 is 1.77 bits per heavy atom. The highest BCUT2D eigenvalue weighted by atomic mass is 35.5. The number of fused-ring (bicyclic) bond motifs is 1. The lowest BCUT2D eigenvalue weighted by Gasteiger charge is -2.34. The van der Waals surface area contributed by atoms with E-state index in [2.05, 4.69) is 53.1 Å². The zero-order valence-electron chi connectivity index (χ0n) is 17.5. The summed E-state index contributed by atoms with van der Waals surface area (Å²) in [6, 6.07) is 10.3. The van der Waals surface area contributed by atoms with Crippen LogP contribution in [0, 0.1) is 0 Å². The number of anilines is 1. The SMILES string of the molecule is CN(C)Cc1ccc(N2CCC(n3c(=O)c(=O)n(C)c4cc(Cl)cnc43)CC2)cc1. The molecule has 0 amide bonds. The van der Waals surface area contributed by atoms with Crippen molar-refractivity contribution in [2.45, 2.75) is 25.4 Å². The summed E-state index contributed by atoms with van der Waals surface area (Å²) in [5, 5.41) is 0.440. The first-order chi connectivity index (χ1) is 14.3. The molecule has 158 valence electrons. The molecule has 0 atom stereocenters. The zero-order valence-corrected chi connectivity index (χ0v) is 18.3. The van der Waals surface area contributed by atoms with Crippen LogP contribution in [0.15, 0.2) is 46.1 Å². The summed E-state index contributed by atoms with van der Waals surface area (Å²) in [6.07, 6.45) is 3.06. The van der Waals surface area contributed by atoms with E-state index in [1.165, 1.54) is 22.0 Å². The van der Waals surface area contributed by atoms with Crippen LogP contribution in [-0.2, 0) is 13.6 Å². The van der Waals surface area contributed by atoms with E-state index in [0.717, 1.165) is 32.5 Å². The van der Waals surface area contributed by atoms with Crippen LogP contribution in [0.4, 0.5) is 5.69 Å². The smallest absolute Gasteiger partial charge is 0.318 e. The summed E-state index contributed by atoms with van der Waals surface area (Å²) in [7, 11) is 5.70. The molecule has 30 heavy (non-hydrogen) atoms. The summed E-state index contributed by atoms with van der Waals surface area (Å²) in [5.41, 5.74) is 2.48. The highest BCUT2D eigenvalue weighted by Gasteiger charge is 2.25. The molecule has 0 spiro atoms. The fourth-order valence-electron chi connectivity index (χ4n) is 4.20. The van der Waals surface area contributed by atoms with Crippen LogP contribution in [0.2, 0.25) is 5.02 Å². The van der Waals surface area contributed by atoms with Crippen LogP contribution < -0.4 is 16.0 Å². The Kier molecular flexibility index (Phi) is 5.66. The minimum absolute atomic E-state index is 0.0631. The van der Waals surface area contributed by atoms with Gasteiger partial charge >= 0.3 is 11.1 Å². The standard InChI is InChI=1S/C22H26ClN5O2/c1-25(2)14-15-4-6-17(7-5-15)27-10-8-18(9-11-27)28-20-19(12-16(23)13-24-20)26(3)21(29)22(28)30/h4-7,12-13,18H,8-11,14H2,1-3H3. The number of nitrogens with zero attached hydrogens (tertiary/aromatic N) is 5. The van der Waals surface area contributed by atoms with Gasteiger partial charge in [-0.05, 0) is 50.7 Å². The van der Waals surface area contributed by atoms with Gasteiger partial charge in [-0.2, -0.15) is 0 Å². The van der Waals surface area contributed by atoms with Gasteiger partial charge in [0.25, 0.3) is 0 Å². The predicted molar refractivity (Wildman–Crippen MR) is 121 cm³/mol. The zero-order chi connectivity index (χ0) is 21.4. The second-order valence-corrected chi connectivity index (χ2v) is 8.59. The van der Waals surface area contributed by atoms with Crippen molar-refractivity contribution < 1.29 is 0 Å². The van der Waals surface area contributed by atoms with Crippen LogP contribution in [-0.4, -0.2) is 46.2 Å². The first kappa shape index (κ1) is 20.6. The van der Waals surface area contributed by atoms with Gasteiger partial charge in [-0.1, -0.05) is 23.7 Å². The fraction of sp³-hybridized carbons (Fsp3) is 0.409. The Morgan fingerprint density at radius 3 is 2.40 bits per heavy atom. The third kappa shape index (κ3) is 3.87. The van der Waals surface area contributed by atoms with E-state index in [4.69, 9.17) is 11.6 Å². The van der Waals surface area contributed by atoms with Gasteiger partial charge in [0.15, 0.2) is 5.65 Å². The van der Waals surface area contributed by atoms with E-state index in [-0.39, 0.29) is 6.04 Å². The minimum Gasteiger partial charge on any atom is -0.371 e. The van der Waals surface area contributed by atoms with E-state index in [1.807, 2.05) is 0 Å². The number of aryl methyl sites for hydroxylation is 1. The lowest BCUT2D eigenvalue weighted by Crippen LogP contribution is -2.45. The van der Waals surface area contributed by atoms with Gasteiger partial charge in [-0.25, -0.2) is 4.98 Å². The monoisotopic (exact) mass is 427 g/mol. The van der Waals surface area contributed by atoms with Crippen molar-refractivity contribution >= 4 is 28.5 Å². The molecule has 0 unspecified atom stereocenters. The Morgan fingerprint density at radius 1 is 1.10 bits per heavy atom. The second kappa shape index (κ2) is 8.24. The molecule has 3 aromatic rings. The molecule has 1 aliphatic heterocycles. The van der Waals surface area contributed by atoms with E-state index in [9.17, 15) is 9.59 Å². The van der Waals surface area contributed by atoms with Crippen molar-refractivity contribution in [2.75, 3.05) is 32.1 Å². The molecule has 4 rings (SSSR count). The van der Waals surface area contributed by atoms with E-state index >= 15 is 0 Å². The maximum Gasteiger partial charge on any atom is 0.318 e. The number of halogens is 1. The summed E-state index contributed by atoms with van der Waals surface area (Å²) >= 11 is 6.07. The number of hydrogen-bond donors (Lipinski definition) is 0. The molecule has 1 saturated heterocycles. The van der Waals surface area contributed by atoms with Crippen molar-refractivity contribution in [3.05, 3.63) is 67.8 Å². The lowest BCUT2D eigenvalue weighted by molar-refractivity contribution is 0.392. The molecular weight excluding hydrogens is 402 g/mol. The Bertz CT molecular complexity index is 1180. The Balaban J connectivity index is 1.58. The maximum absolute atomic E-state index is 12.8. The van der Waals surface area contributed by atoms with Gasteiger partial charge in [-0.15, -0.1) is 0 Å². The molecule has 0 radical (unpaired) electrons. The second-order valence-electron chi connectivity index (χ2n) is 8.16. The highest BCUT2D eigenvalue weighted by molar-refractivity contribution is 6.31. The molecule has 3 heterocycles. The summed E-state index contributed by atoms with van der Waals surface area (Å²) < 4.78 is 2.91. The van der Waals surface area contributed by atoms with Gasteiger partial charge in [0.05, 0.1) is 10.5 Å². The normalized spacial score (nSPS) is 15.3. The largest absolute Gasteiger partial charge is 0.371 e. The Hall–Kier alpha value is -2.64. The number of pyridine rings is 1. The number of aromatic nitrogens is 3. The topological polar surface area (TPSA) is 63.4 Å². The lowest BCUT2D eigenvalue weighted by atomic mass is 10.0. The maximum atomic E-state index is 12.8. The Labute approximate surface area is 180 Å². The van der Waals surface area contributed by atoms with Gasteiger partial charge in [0.1, 0.15) is 0 Å². The molecule has 1 fully saturated rings. The molecule has 0 N–H and O–H groups in total. The fourth-order valence-corrected chi connectivity index (χ4v) is 4.36. The van der Waals surface area contributed by atoms with Crippen molar-refractivity contribution in [1.82, 2.24) is 19.0 Å². The molecule has 8 heteroatoms. The quantitative estimate of drug-likeness (QED) is 0.599. The molecule has 7 nitrogen and oxygen atoms in total. The molecule has 1 aromatic carbocycles. The predicted octanol–water partition coefficient (Wildman–Crippen LogP) is 2.65. The molecule has 2 aromatic heterocycles. The number of benzene rings is 1. The van der Waals surface area contributed by atoms with E-state index < -0.39 is 11.1 Å². The van der Waals surface area contributed by atoms with Crippen molar-refractivity contribution in [3.63, 3.8) is 0 Å². The third-order valence-electron chi connectivity index (χ3n) is 5.74. The molecule has 0 aliphatic carbocycles. The average Bonchev–Trinajstić information content (AvgIpc) is 2.73. The van der Waals surface area contributed by atoms with Crippen molar-refractivity contribution in [2.24, 2.45) is 7.05 Å². The minimum atomic E-state index is -0.550. The summed E-state index contributed by atoms with van der Waals surface area (Å²) in [4.78, 5) is 34.2. The van der Waals surface area contributed by atoms with Crippen LogP contribution in [0.25, 0.3) is 11.2 Å². The van der Waals surface area contributed by atoms with Gasteiger partial charge in [0, 0.05) is 44.6 Å². The molecule has 0 saturated carbocycles. The van der Waals surface area contributed by atoms with Crippen LogP contribution >= 0.6 is 11.6 Å². The first-order valence-corrected chi connectivity index (χ1v) is 10.5. The van der Waals surface area contributed by atoms with Crippen LogP contribution in [0.5, 0.6) is 0 Å². The molecule has 0 bridgehead atoms. The molecular formula is C22H26ClN5O2. The number of rotatable bonds is 4. The molecule has 1 aliphatic rings. The van der Waals surface area contributed by atoms with Crippen molar-refractivity contribution in [1.29, 1.82) is 0 Å². The van der Waals surface area contributed by atoms with Gasteiger partial charge < -0.3 is 14.4 Å². The summed E-state index contributed by atoms with van der Waals surface area (Å²) in [5.74, 6) is 0. The van der Waals surface area contributed by atoms with E-state index in [0.29, 0.717) is 16.2 Å². The van der Waals surface area contributed by atoms with Gasteiger partial charge in [0.2, 0.25) is 0 Å². The van der Waals surface area contributed by atoms with Crippen LogP contribution in [0.1, 0.15) is 24.4 Å². The number of hydrogen-bond acceptors (Lipinski definition) is 5. The van der Waals surface area contributed by atoms with Gasteiger partial charge in [-0.3, -0.25) is 14.2 Å². The first-order valence-electron chi connectivity index (χ1n) is 10.1. The summed E-state index contributed by atoms with van der Waals surface area (Å²) in [6.45, 7) is 2.54.